The molecule has 0 radical (unpaired) electrons. The molecule has 20 heavy (non-hydrogen) atoms. The third kappa shape index (κ3) is 2.70. The van der Waals surface area contributed by atoms with Crippen molar-refractivity contribution in [1.29, 1.82) is 0 Å². The summed E-state index contributed by atoms with van der Waals surface area (Å²) in [5, 5.41) is 3.97. The Morgan fingerprint density at radius 1 is 1.20 bits per heavy atom. The number of anilines is 1. The van der Waals surface area contributed by atoms with Crippen LogP contribution in [0, 0.1) is 0 Å². The monoisotopic (exact) mass is 306 g/mol. The number of ketones is 1. The first kappa shape index (κ1) is 14.2. The van der Waals surface area contributed by atoms with Crippen molar-refractivity contribution in [3.05, 3.63) is 68.0 Å². The van der Waals surface area contributed by atoms with Crippen LogP contribution in [-0.4, -0.2) is 5.78 Å². The lowest BCUT2D eigenvalue weighted by molar-refractivity contribution is 0.103. The number of carbonyl (C=O) groups is 1. The van der Waals surface area contributed by atoms with Crippen molar-refractivity contribution in [3.8, 4) is 0 Å². The fourth-order valence-corrected chi connectivity index (χ4v) is 2.15. The Kier molecular flexibility index (Phi) is 4.15. The van der Waals surface area contributed by atoms with Gasteiger partial charge in [-0.15, -0.1) is 0 Å². The standard InChI is InChI=1S/C13H8Cl2N4O/c14-7-5-9(12(16)11(6-7)18-19-17)13(20)8-3-1-2-4-10(8)15/h1-6H,16H2. The lowest BCUT2D eigenvalue weighted by Gasteiger charge is -2.09. The van der Waals surface area contributed by atoms with Gasteiger partial charge in [-0.25, -0.2) is 0 Å². The Morgan fingerprint density at radius 2 is 1.90 bits per heavy atom. The van der Waals surface area contributed by atoms with Gasteiger partial charge >= 0.3 is 0 Å². The number of hydrogen-bond acceptors (Lipinski definition) is 3. The van der Waals surface area contributed by atoms with E-state index in [1.807, 2.05) is 0 Å². The molecule has 0 saturated heterocycles. The van der Waals surface area contributed by atoms with E-state index in [9.17, 15) is 4.79 Å². The Labute approximate surface area is 124 Å². The highest BCUT2D eigenvalue weighted by Crippen LogP contribution is 2.32. The number of nitrogens with zero attached hydrogens (tertiary/aromatic N) is 3. The highest BCUT2D eigenvalue weighted by atomic mass is 35.5. The molecule has 0 aromatic heterocycles. The molecule has 5 nitrogen and oxygen atoms in total. The third-order valence-corrected chi connectivity index (χ3v) is 3.19. The van der Waals surface area contributed by atoms with Gasteiger partial charge in [-0.3, -0.25) is 4.79 Å². The number of nitrogens with two attached hydrogens (primary N) is 1. The highest BCUT2D eigenvalue weighted by Gasteiger charge is 2.17. The van der Waals surface area contributed by atoms with Crippen LogP contribution in [0.15, 0.2) is 41.5 Å². The van der Waals surface area contributed by atoms with E-state index in [1.165, 1.54) is 12.1 Å². The number of hydrogen-bond donors (Lipinski definition) is 1. The summed E-state index contributed by atoms with van der Waals surface area (Å²) in [6.45, 7) is 0. The molecular formula is C13H8Cl2N4O. The molecule has 0 unspecified atom stereocenters. The van der Waals surface area contributed by atoms with Crippen molar-refractivity contribution >= 4 is 40.4 Å². The van der Waals surface area contributed by atoms with Gasteiger partial charge in [0, 0.05) is 21.1 Å². The molecule has 0 heterocycles. The lowest BCUT2D eigenvalue weighted by atomic mass is 10.0. The summed E-state index contributed by atoms with van der Waals surface area (Å²) in [7, 11) is 0. The third-order valence-electron chi connectivity index (χ3n) is 2.64. The molecule has 2 aromatic carbocycles. The topological polar surface area (TPSA) is 91.9 Å². The summed E-state index contributed by atoms with van der Waals surface area (Å²) in [5.41, 5.74) is 14.9. The molecule has 2 rings (SSSR count). The minimum absolute atomic E-state index is 0.0668. The van der Waals surface area contributed by atoms with E-state index < -0.39 is 0 Å². The van der Waals surface area contributed by atoms with Crippen molar-refractivity contribution in [3.63, 3.8) is 0 Å². The largest absolute Gasteiger partial charge is 0.398 e. The number of halogens is 2. The summed E-state index contributed by atoms with van der Waals surface area (Å²) >= 11 is 11.9. The molecule has 100 valence electrons. The zero-order chi connectivity index (χ0) is 14.7. The lowest BCUT2D eigenvalue weighted by Crippen LogP contribution is -2.06. The smallest absolute Gasteiger partial charge is 0.196 e. The summed E-state index contributed by atoms with van der Waals surface area (Å²) in [6.07, 6.45) is 0. The molecule has 0 aliphatic carbocycles. The van der Waals surface area contributed by atoms with Gasteiger partial charge in [0.2, 0.25) is 0 Å². The first-order chi connectivity index (χ1) is 9.54. The Balaban J connectivity index is 2.61. The van der Waals surface area contributed by atoms with Crippen LogP contribution in [0.1, 0.15) is 15.9 Å². The number of rotatable bonds is 3. The molecule has 7 heteroatoms. The molecule has 0 aliphatic rings. The maximum absolute atomic E-state index is 12.4. The fraction of sp³-hybridized carbons (Fsp3) is 0. The van der Waals surface area contributed by atoms with E-state index in [0.717, 1.165) is 0 Å². The SMILES string of the molecule is [N-]=[N+]=Nc1cc(Cl)cc(C(=O)c2ccccc2Cl)c1N. The zero-order valence-electron chi connectivity index (χ0n) is 10.0. The van der Waals surface area contributed by atoms with Crippen LogP contribution in [0.4, 0.5) is 11.4 Å². The minimum atomic E-state index is -0.384. The van der Waals surface area contributed by atoms with Gasteiger partial charge in [-0.05, 0) is 29.8 Å². The van der Waals surface area contributed by atoms with E-state index in [-0.39, 0.29) is 27.7 Å². The van der Waals surface area contributed by atoms with Gasteiger partial charge in [-0.1, -0.05) is 40.4 Å². The quantitative estimate of drug-likeness (QED) is 0.291. The molecule has 2 N–H and O–H groups in total. The molecule has 0 bridgehead atoms. The average molecular weight is 307 g/mol. The predicted molar refractivity (Wildman–Crippen MR) is 79.6 cm³/mol. The molecule has 0 amide bonds. The molecular weight excluding hydrogens is 299 g/mol. The fourth-order valence-electron chi connectivity index (χ4n) is 1.71. The molecule has 0 spiro atoms. The van der Waals surface area contributed by atoms with Gasteiger partial charge in [0.05, 0.1) is 16.4 Å². The van der Waals surface area contributed by atoms with Crippen molar-refractivity contribution in [2.45, 2.75) is 0 Å². The molecule has 0 fully saturated rings. The zero-order valence-corrected chi connectivity index (χ0v) is 11.6. The van der Waals surface area contributed by atoms with Gasteiger partial charge < -0.3 is 5.73 Å². The summed E-state index contributed by atoms with van der Waals surface area (Å²) in [6, 6.07) is 9.39. The van der Waals surface area contributed by atoms with Crippen molar-refractivity contribution in [1.82, 2.24) is 0 Å². The van der Waals surface area contributed by atoms with Gasteiger partial charge in [0.25, 0.3) is 0 Å². The van der Waals surface area contributed by atoms with Crippen LogP contribution in [0.5, 0.6) is 0 Å². The summed E-state index contributed by atoms with van der Waals surface area (Å²) in [5.74, 6) is -0.384. The van der Waals surface area contributed by atoms with Crippen LogP contribution in [-0.2, 0) is 0 Å². The van der Waals surface area contributed by atoms with E-state index in [0.29, 0.717) is 10.6 Å². The van der Waals surface area contributed by atoms with Gasteiger partial charge in [0.1, 0.15) is 0 Å². The molecule has 0 saturated carbocycles. The second-order valence-corrected chi connectivity index (χ2v) is 4.73. The molecule has 0 atom stereocenters. The van der Waals surface area contributed by atoms with E-state index >= 15 is 0 Å². The second-order valence-electron chi connectivity index (χ2n) is 3.88. The maximum atomic E-state index is 12.4. The highest BCUT2D eigenvalue weighted by molar-refractivity contribution is 6.36. The number of nitrogen functional groups attached to an aromatic ring is 1. The van der Waals surface area contributed by atoms with Crippen LogP contribution < -0.4 is 5.73 Å². The number of carbonyl (C=O) groups excluding carboxylic acids is 1. The van der Waals surface area contributed by atoms with E-state index in [4.69, 9.17) is 34.5 Å². The first-order valence-corrected chi connectivity index (χ1v) is 6.23. The van der Waals surface area contributed by atoms with Crippen LogP contribution in [0.25, 0.3) is 10.4 Å². The minimum Gasteiger partial charge on any atom is -0.398 e. The van der Waals surface area contributed by atoms with Crippen molar-refractivity contribution in [2.24, 2.45) is 5.11 Å². The van der Waals surface area contributed by atoms with Crippen LogP contribution in [0.3, 0.4) is 0 Å². The Morgan fingerprint density at radius 3 is 2.55 bits per heavy atom. The van der Waals surface area contributed by atoms with E-state index in [1.54, 1.807) is 24.3 Å². The number of azide groups is 1. The van der Waals surface area contributed by atoms with Gasteiger partial charge in [-0.2, -0.15) is 0 Å². The second kappa shape index (κ2) is 5.84. The van der Waals surface area contributed by atoms with Crippen LogP contribution >= 0.6 is 23.2 Å². The Bertz CT molecular complexity index is 739. The number of benzene rings is 2. The predicted octanol–water partition coefficient (Wildman–Crippen LogP) is 4.75. The first-order valence-electron chi connectivity index (χ1n) is 5.48. The van der Waals surface area contributed by atoms with Crippen LogP contribution in [0.2, 0.25) is 10.0 Å². The van der Waals surface area contributed by atoms with Gasteiger partial charge in [0.15, 0.2) is 5.78 Å². The summed E-state index contributed by atoms with van der Waals surface area (Å²) in [4.78, 5) is 15.1. The average Bonchev–Trinajstić information content (AvgIpc) is 2.42. The van der Waals surface area contributed by atoms with E-state index in [2.05, 4.69) is 10.0 Å². The molecule has 0 aliphatic heterocycles. The normalized spacial score (nSPS) is 9.90. The molecule has 2 aromatic rings. The summed E-state index contributed by atoms with van der Waals surface area (Å²) < 4.78 is 0. The van der Waals surface area contributed by atoms with Crippen molar-refractivity contribution in [2.75, 3.05) is 5.73 Å². The Hall–Kier alpha value is -2.20. The van der Waals surface area contributed by atoms with Crippen molar-refractivity contribution < 1.29 is 4.79 Å². The maximum Gasteiger partial charge on any atom is 0.196 e.